The van der Waals surface area contributed by atoms with Gasteiger partial charge in [-0.1, -0.05) is 29.8 Å². The van der Waals surface area contributed by atoms with E-state index >= 15 is 0 Å². The Morgan fingerprint density at radius 1 is 0.875 bits per heavy atom. The minimum absolute atomic E-state index is 0.130. The number of carbonyl (C=O) groups excluding carboxylic acids is 1. The van der Waals surface area contributed by atoms with Crippen molar-refractivity contribution in [3.63, 3.8) is 0 Å². The van der Waals surface area contributed by atoms with Crippen LogP contribution in [-0.4, -0.2) is 12.2 Å². The van der Waals surface area contributed by atoms with E-state index in [1.54, 1.807) is 16.7 Å². The molecule has 2 heterocycles. The molecule has 0 spiro atoms. The molecule has 1 amide bonds. The summed E-state index contributed by atoms with van der Waals surface area (Å²) in [5.41, 5.74) is 5.47. The van der Waals surface area contributed by atoms with E-state index in [1.165, 1.54) is 0 Å². The molecule has 1 aromatic heterocycles. The first kappa shape index (κ1) is 20.6. The molecule has 4 aromatic rings. The SMILES string of the molecule is CSc1ccc(C2c3c(oc4cc(C)c(C)cc4c3=O)C(=O)N2c2ccc(C)cc2)cc1. The van der Waals surface area contributed by atoms with E-state index in [0.717, 1.165) is 32.8 Å². The summed E-state index contributed by atoms with van der Waals surface area (Å²) in [5, 5.41) is 0.510. The Morgan fingerprint density at radius 3 is 2.19 bits per heavy atom. The molecule has 3 aromatic carbocycles. The zero-order valence-electron chi connectivity index (χ0n) is 18.4. The summed E-state index contributed by atoms with van der Waals surface area (Å²) in [6, 6.07) is 19.0. The number of aryl methyl sites for hydroxylation is 3. The molecule has 0 fully saturated rings. The molecule has 5 rings (SSSR count). The van der Waals surface area contributed by atoms with Crippen molar-refractivity contribution in [1.29, 1.82) is 0 Å². The van der Waals surface area contributed by atoms with Crippen molar-refractivity contribution in [3.8, 4) is 0 Å². The fraction of sp³-hybridized carbons (Fsp3) is 0.185. The standard InChI is InChI=1S/C27H23NO3S/c1-15-5-9-19(10-6-15)28-24(18-7-11-20(32-4)12-8-18)23-25(29)21-13-16(2)17(3)14-22(21)31-26(23)27(28)30/h5-14,24H,1-4H3. The average Bonchev–Trinajstić information content (AvgIpc) is 3.08. The maximum absolute atomic E-state index is 13.7. The van der Waals surface area contributed by atoms with Gasteiger partial charge in [0.05, 0.1) is 17.0 Å². The molecule has 0 aliphatic carbocycles. The number of rotatable bonds is 3. The van der Waals surface area contributed by atoms with Gasteiger partial charge in [-0.15, -0.1) is 11.8 Å². The number of hydrogen-bond donors (Lipinski definition) is 0. The van der Waals surface area contributed by atoms with Gasteiger partial charge in [-0.2, -0.15) is 0 Å². The van der Waals surface area contributed by atoms with Gasteiger partial charge in [0.15, 0.2) is 5.43 Å². The highest BCUT2D eigenvalue weighted by Crippen LogP contribution is 2.41. The maximum Gasteiger partial charge on any atom is 0.295 e. The van der Waals surface area contributed by atoms with E-state index in [4.69, 9.17) is 4.42 Å². The van der Waals surface area contributed by atoms with Gasteiger partial charge < -0.3 is 4.42 Å². The third kappa shape index (κ3) is 3.16. The van der Waals surface area contributed by atoms with Crippen LogP contribution in [0, 0.1) is 20.8 Å². The molecule has 32 heavy (non-hydrogen) atoms. The van der Waals surface area contributed by atoms with E-state index in [9.17, 15) is 9.59 Å². The molecule has 0 radical (unpaired) electrons. The van der Waals surface area contributed by atoms with Gasteiger partial charge in [0.2, 0.25) is 5.76 Å². The van der Waals surface area contributed by atoms with Gasteiger partial charge in [0, 0.05) is 10.6 Å². The number of amides is 1. The van der Waals surface area contributed by atoms with Crippen LogP contribution in [0.15, 0.2) is 74.8 Å². The number of carbonyl (C=O) groups is 1. The second-order valence-corrected chi connectivity index (χ2v) is 9.17. The topological polar surface area (TPSA) is 50.5 Å². The molecular weight excluding hydrogens is 418 g/mol. The monoisotopic (exact) mass is 441 g/mol. The zero-order valence-corrected chi connectivity index (χ0v) is 19.2. The van der Waals surface area contributed by atoms with Gasteiger partial charge in [-0.3, -0.25) is 14.5 Å². The molecule has 0 saturated carbocycles. The predicted octanol–water partition coefficient (Wildman–Crippen LogP) is 6.19. The van der Waals surface area contributed by atoms with E-state index in [1.807, 2.05) is 87.7 Å². The summed E-state index contributed by atoms with van der Waals surface area (Å²) < 4.78 is 6.11. The fourth-order valence-corrected chi connectivity index (χ4v) is 4.71. The van der Waals surface area contributed by atoms with Crippen LogP contribution in [0.2, 0.25) is 0 Å². The first-order chi connectivity index (χ1) is 15.4. The Balaban J connectivity index is 1.80. The predicted molar refractivity (Wildman–Crippen MR) is 130 cm³/mol. The first-order valence-corrected chi connectivity index (χ1v) is 11.7. The van der Waals surface area contributed by atoms with Gasteiger partial charge in [-0.25, -0.2) is 0 Å². The van der Waals surface area contributed by atoms with Crippen molar-refractivity contribution in [2.45, 2.75) is 31.7 Å². The third-order valence-electron chi connectivity index (χ3n) is 6.23. The smallest absolute Gasteiger partial charge is 0.295 e. The summed E-state index contributed by atoms with van der Waals surface area (Å²) >= 11 is 1.65. The van der Waals surface area contributed by atoms with Crippen LogP contribution in [-0.2, 0) is 0 Å². The minimum atomic E-state index is -0.543. The molecule has 5 heteroatoms. The van der Waals surface area contributed by atoms with Crippen molar-refractivity contribution >= 4 is 34.3 Å². The van der Waals surface area contributed by atoms with Crippen molar-refractivity contribution in [2.24, 2.45) is 0 Å². The second-order valence-electron chi connectivity index (χ2n) is 8.29. The third-order valence-corrected chi connectivity index (χ3v) is 6.97. The van der Waals surface area contributed by atoms with E-state index < -0.39 is 6.04 Å². The lowest BCUT2D eigenvalue weighted by Gasteiger charge is -2.25. The highest BCUT2D eigenvalue weighted by Gasteiger charge is 2.43. The molecule has 0 saturated heterocycles. The molecule has 1 aliphatic heterocycles. The highest BCUT2D eigenvalue weighted by molar-refractivity contribution is 7.98. The lowest BCUT2D eigenvalue weighted by Crippen LogP contribution is -2.29. The highest BCUT2D eigenvalue weighted by atomic mass is 32.2. The number of thioether (sulfide) groups is 1. The van der Waals surface area contributed by atoms with Crippen LogP contribution in [0.1, 0.15) is 44.4 Å². The van der Waals surface area contributed by atoms with Crippen molar-refractivity contribution in [3.05, 3.63) is 104 Å². The quantitative estimate of drug-likeness (QED) is 0.356. The second kappa shape index (κ2) is 7.68. The number of anilines is 1. The summed E-state index contributed by atoms with van der Waals surface area (Å²) in [6.45, 7) is 5.95. The molecule has 160 valence electrons. The van der Waals surface area contributed by atoms with Gasteiger partial charge >= 0.3 is 0 Å². The zero-order chi connectivity index (χ0) is 22.6. The molecule has 1 unspecified atom stereocenters. The Kier molecular flexibility index (Phi) is 4.94. The van der Waals surface area contributed by atoms with Crippen LogP contribution in [0.25, 0.3) is 11.0 Å². The normalized spacial score (nSPS) is 15.4. The maximum atomic E-state index is 13.7. The van der Waals surface area contributed by atoms with Gasteiger partial charge in [0.25, 0.3) is 5.91 Å². The van der Waals surface area contributed by atoms with Crippen LogP contribution >= 0.6 is 11.8 Å². The summed E-state index contributed by atoms with van der Waals surface area (Å²) in [7, 11) is 0. The van der Waals surface area contributed by atoms with Crippen LogP contribution < -0.4 is 10.3 Å². The Morgan fingerprint density at radius 2 is 1.53 bits per heavy atom. The Hall–Kier alpha value is -3.31. The van der Waals surface area contributed by atoms with Gasteiger partial charge in [0.1, 0.15) is 5.58 Å². The minimum Gasteiger partial charge on any atom is -0.450 e. The summed E-state index contributed by atoms with van der Waals surface area (Å²) in [6.07, 6.45) is 2.02. The average molecular weight is 442 g/mol. The van der Waals surface area contributed by atoms with E-state index in [-0.39, 0.29) is 17.1 Å². The molecule has 0 bridgehead atoms. The van der Waals surface area contributed by atoms with Crippen LogP contribution in [0.3, 0.4) is 0 Å². The Labute approximate surface area is 190 Å². The molecular formula is C27H23NO3S. The molecule has 4 nitrogen and oxygen atoms in total. The number of hydrogen-bond acceptors (Lipinski definition) is 4. The molecule has 0 N–H and O–H groups in total. The van der Waals surface area contributed by atoms with E-state index in [0.29, 0.717) is 16.5 Å². The lowest BCUT2D eigenvalue weighted by atomic mass is 9.97. The summed E-state index contributed by atoms with van der Waals surface area (Å²) in [4.78, 5) is 30.2. The number of nitrogens with zero attached hydrogens (tertiary/aromatic N) is 1. The van der Waals surface area contributed by atoms with Gasteiger partial charge in [-0.05, 0) is 80.1 Å². The molecule has 1 aliphatic rings. The Bertz CT molecular complexity index is 1420. The van der Waals surface area contributed by atoms with Crippen LogP contribution in [0.5, 0.6) is 0 Å². The van der Waals surface area contributed by atoms with Crippen molar-refractivity contribution in [2.75, 3.05) is 11.2 Å². The fourth-order valence-electron chi connectivity index (χ4n) is 4.30. The largest absolute Gasteiger partial charge is 0.450 e. The van der Waals surface area contributed by atoms with Crippen LogP contribution in [0.4, 0.5) is 5.69 Å². The number of fused-ring (bicyclic) bond motifs is 2. The number of benzene rings is 3. The first-order valence-electron chi connectivity index (χ1n) is 10.5. The van der Waals surface area contributed by atoms with Crippen molar-refractivity contribution in [1.82, 2.24) is 0 Å². The lowest BCUT2D eigenvalue weighted by molar-refractivity contribution is 0.0971. The molecule has 1 atom stereocenters. The van der Waals surface area contributed by atoms with Crippen molar-refractivity contribution < 1.29 is 9.21 Å². The van der Waals surface area contributed by atoms with E-state index in [2.05, 4.69) is 0 Å². The summed E-state index contributed by atoms with van der Waals surface area (Å²) in [5.74, 6) is -0.162.